The SMILES string of the molecule is Cc1cc(N)cn2c3c(nc12)CCC(C(C)C)C3. The number of nitrogen functional groups attached to an aromatic ring is 1. The van der Waals surface area contributed by atoms with Gasteiger partial charge in [0, 0.05) is 17.6 Å². The van der Waals surface area contributed by atoms with Crippen molar-refractivity contribution in [3.63, 3.8) is 0 Å². The minimum atomic E-state index is 0.742. The molecule has 18 heavy (non-hydrogen) atoms. The van der Waals surface area contributed by atoms with E-state index in [1.807, 2.05) is 12.3 Å². The van der Waals surface area contributed by atoms with Crippen LogP contribution in [0.3, 0.4) is 0 Å². The second kappa shape index (κ2) is 4.01. The van der Waals surface area contributed by atoms with E-state index in [0.717, 1.165) is 36.0 Å². The normalized spacial score (nSPS) is 19.4. The Bertz CT molecular complexity index is 595. The molecular formula is C15H21N3. The van der Waals surface area contributed by atoms with Crippen LogP contribution in [0.4, 0.5) is 5.69 Å². The molecule has 2 aromatic heterocycles. The van der Waals surface area contributed by atoms with E-state index in [9.17, 15) is 0 Å². The molecule has 2 aromatic rings. The first-order valence-corrected chi connectivity index (χ1v) is 6.82. The lowest BCUT2D eigenvalue weighted by Gasteiger charge is -2.25. The van der Waals surface area contributed by atoms with E-state index >= 15 is 0 Å². The molecule has 0 bridgehead atoms. The first-order chi connectivity index (χ1) is 8.56. The molecule has 0 fully saturated rings. The molecular weight excluding hydrogens is 222 g/mol. The molecule has 1 aliphatic rings. The number of hydrogen-bond acceptors (Lipinski definition) is 2. The summed E-state index contributed by atoms with van der Waals surface area (Å²) in [4.78, 5) is 4.80. The van der Waals surface area contributed by atoms with E-state index < -0.39 is 0 Å². The smallest absolute Gasteiger partial charge is 0.140 e. The largest absolute Gasteiger partial charge is 0.398 e. The average Bonchev–Trinajstić information content (AvgIpc) is 2.67. The summed E-state index contributed by atoms with van der Waals surface area (Å²) >= 11 is 0. The van der Waals surface area contributed by atoms with E-state index in [4.69, 9.17) is 10.7 Å². The fourth-order valence-corrected chi connectivity index (χ4v) is 3.09. The zero-order valence-corrected chi connectivity index (χ0v) is 11.4. The number of aromatic nitrogens is 2. The molecule has 0 aliphatic heterocycles. The van der Waals surface area contributed by atoms with Crippen LogP contribution in [0.15, 0.2) is 12.3 Å². The first-order valence-electron chi connectivity index (χ1n) is 6.82. The highest BCUT2D eigenvalue weighted by molar-refractivity contribution is 5.57. The van der Waals surface area contributed by atoms with Crippen LogP contribution in [0.25, 0.3) is 5.65 Å². The maximum Gasteiger partial charge on any atom is 0.140 e. The molecule has 1 unspecified atom stereocenters. The Hall–Kier alpha value is -1.51. The number of rotatable bonds is 1. The molecule has 1 aliphatic carbocycles. The Morgan fingerprint density at radius 3 is 2.94 bits per heavy atom. The second-order valence-electron chi connectivity index (χ2n) is 5.90. The number of anilines is 1. The summed E-state index contributed by atoms with van der Waals surface area (Å²) < 4.78 is 2.22. The lowest BCUT2D eigenvalue weighted by molar-refractivity contribution is 0.337. The van der Waals surface area contributed by atoms with Crippen LogP contribution in [0.1, 0.15) is 37.2 Å². The van der Waals surface area contributed by atoms with Crippen LogP contribution < -0.4 is 5.73 Å². The van der Waals surface area contributed by atoms with Crippen molar-refractivity contribution in [3.8, 4) is 0 Å². The van der Waals surface area contributed by atoms with Gasteiger partial charge in [-0.15, -0.1) is 0 Å². The number of imidazole rings is 1. The number of pyridine rings is 1. The van der Waals surface area contributed by atoms with Crippen molar-refractivity contribution in [3.05, 3.63) is 29.2 Å². The van der Waals surface area contributed by atoms with Gasteiger partial charge in [-0.1, -0.05) is 13.8 Å². The van der Waals surface area contributed by atoms with Crippen LogP contribution >= 0.6 is 0 Å². The Morgan fingerprint density at radius 2 is 2.22 bits per heavy atom. The van der Waals surface area contributed by atoms with E-state index in [-0.39, 0.29) is 0 Å². The van der Waals surface area contributed by atoms with Crippen LogP contribution in [0.5, 0.6) is 0 Å². The third kappa shape index (κ3) is 1.69. The number of fused-ring (bicyclic) bond motifs is 3. The molecule has 2 heterocycles. The predicted octanol–water partition coefficient (Wildman–Crippen LogP) is 2.99. The molecule has 3 heteroatoms. The van der Waals surface area contributed by atoms with Gasteiger partial charge in [0.2, 0.25) is 0 Å². The van der Waals surface area contributed by atoms with Crippen LogP contribution in [-0.2, 0) is 12.8 Å². The van der Waals surface area contributed by atoms with E-state index in [0.29, 0.717) is 0 Å². The molecule has 1 atom stereocenters. The topological polar surface area (TPSA) is 43.3 Å². The molecule has 0 spiro atoms. The van der Waals surface area contributed by atoms with Gasteiger partial charge in [0.05, 0.1) is 5.69 Å². The van der Waals surface area contributed by atoms with E-state index in [1.54, 1.807) is 0 Å². The highest BCUT2D eigenvalue weighted by atomic mass is 15.0. The number of nitrogens with two attached hydrogens (primary N) is 1. The van der Waals surface area contributed by atoms with Crippen molar-refractivity contribution in [1.29, 1.82) is 0 Å². The first kappa shape index (κ1) is 11.6. The number of aryl methyl sites for hydroxylation is 2. The molecule has 2 N–H and O–H groups in total. The van der Waals surface area contributed by atoms with Gasteiger partial charge >= 0.3 is 0 Å². The maximum absolute atomic E-state index is 5.96. The standard InChI is InChI=1S/C15H21N3/c1-9(2)11-4-5-13-14(7-11)18-8-12(16)6-10(3)15(18)17-13/h6,8-9,11H,4-5,7,16H2,1-3H3. The highest BCUT2D eigenvalue weighted by Crippen LogP contribution is 2.31. The Balaban J connectivity index is 2.15. The zero-order chi connectivity index (χ0) is 12.9. The summed E-state index contributed by atoms with van der Waals surface area (Å²) in [5.41, 5.74) is 11.7. The molecule has 0 aromatic carbocycles. The lowest BCUT2D eigenvalue weighted by Crippen LogP contribution is -2.19. The van der Waals surface area contributed by atoms with Gasteiger partial charge < -0.3 is 10.1 Å². The molecule has 3 nitrogen and oxygen atoms in total. The van der Waals surface area contributed by atoms with E-state index in [2.05, 4.69) is 25.2 Å². The number of hydrogen-bond donors (Lipinski definition) is 1. The quantitative estimate of drug-likeness (QED) is 0.836. The Kier molecular flexibility index (Phi) is 2.58. The molecule has 3 rings (SSSR count). The van der Waals surface area contributed by atoms with Gasteiger partial charge in [0.15, 0.2) is 0 Å². The van der Waals surface area contributed by atoms with Crippen molar-refractivity contribution in [1.82, 2.24) is 9.38 Å². The van der Waals surface area contributed by atoms with Crippen molar-refractivity contribution in [2.45, 2.75) is 40.0 Å². The van der Waals surface area contributed by atoms with Crippen molar-refractivity contribution in [2.24, 2.45) is 11.8 Å². The second-order valence-corrected chi connectivity index (χ2v) is 5.90. The molecule has 96 valence electrons. The maximum atomic E-state index is 5.96. The summed E-state index contributed by atoms with van der Waals surface area (Å²) in [6.45, 7) is 6.72. The fraction of sp³-hybridized carbons (Fsp3) is 0.533. The fourth-order valence-electron chi connectivity index (χ4n) is 3.09. The van der Waals surface area contributed by atoms with Gasteiger partial charge in [-0.3, -0.25) is 0 Å². The summed E-state index contributed by atoms with van der Waals surface area (Å²) in [5, 5.41) is 0. The lowest BCUT2D eigenvalue weighted by atomic mass is 9.82. The minimum absolute atomic E-state index is 0.742. The van der Waals surface area contributed by atoms with Crippen LogP contribution in [0, 0.1) is 18.8 Å². The monoisotopic (exact) mass is 243 g/mol. The summed E-state index contributed by atoms with van der Waals surface area (Å²) in [5.74, 6) is 1.52. The third-order valence-corrected chi connectivity index (χ3v) is 4.26. The molecule has 0 saturated heterocycles. The van der Waals surface area contributed by atoms with Gasteiger partial charge in [0.25, 0.3) is 0 Å². The molecule has 0 radical (unpaired) electrons. The molecule has 0 saturated carbocycles. The van der Waals surface area contributed by atoms with Gasteiger partial charge in [-0.05, 0) is 49.7 Å². The third-order valence-electron chi connectivity index (χ3n) is 4.26. The predicted molar refractivity (Wildman–Crippen MR) is 74.7 cm³/mol. The van der Waals surface area contributed by atoms with Gasteiger partial charge in [-0.25, -0.2) is 4.98 Å². The number of nitrogens with zero attached hydrogens (tertiary/aromatic N) is 2. The highest BCUT2D eigenvalue weighted by Gasteiger charge is 2.25. The van der Waals surface area contributed by atoms with Crippen LogP contribution in [0.2, 0.25) is 0 Å². The van der Waals surface area contributed by atoms with E-state index in [1.165, 1.54) is 23.4 Å². The van der Waals surface area contributed by atoms with Crippen molar-refractivity contribution >= 4 is 11.3 Å². The summed E-state index contributed by atoms with van der Waals surface area (Å²) in [7, 11) is 0. The summed E-state index contributed by atoms with van der Waals surface area (Å²) in [6.07, 6.45) is 5.54. The van der Waals surface area contributed by atoms with Gasteiger partial charge in [0.1, 0.15) is 5.65 Å². The zero-order valence-electron chi connectivity index (χ0n) is 11.4. The van der Waals surface area contributed by atoms with Crippen molar-refractivity contribution in [2.75, 3.05) is 5.73 Å². The van der Waals surface area contributed by atoms with Crippen molar-refractivity contribution < 1.29 is 0 Å². The Labute approximate surface area is 108 Å². The summed E-state index contributed by atoms with van der Waals surface area (Å²) in [6, 6.07) is 2.01. The molecule has 0 amide bonds. The van der Waals surface area contributed by atoms with Crippen LogP contribution in [-0.4, -0.2) is 9.38 Å². The van der Waals surface area contributed by atoms with Gasteiger partial charge in [-0.2, -0.15) is 0 Å². The minimum Gasteiger partial charge on any atom is -0.398 e. The average molecular weight is 243 g/mol. The Morgan fingerprint density at radius 1 is 1.44 bits per heavy atom.